The molecule has 0 amide bonds. The van der Waals surface area contributed by atoms with Crippen molar-refractivity contribution in [2.24, 2.45) is 5.41 Å². The van der Waals surface area contributed by atoms with E-state index in [1.165, 1.54) is 42.0 Å². The predicted molar refractivity (Wildman–Crippen MR) is 119 cm³/mol. The van der Waals surface area contributed by atoms with Gasteiger partial charge in [0.1, 0.15) is 0 Å². The minimum absolute atomic E-state index is 0.202. The lowest BCUT2D eigenvalue weighted by Crippen LogP contribution is -2.19. The van der Waals surface area contributed by atoms with Gasteiger partial charge >= 0.3 is 5.97 Å². The van der Waals surface area contributed by atoms with Gasteiger partial charge in [0.05, 0.1) is 0 Å². The number of hydrogen-bond acceptors (Lipinski definition) is 1. The number of aryl methyl sites for hydroxylation is 1. The molecule has 0 heterocycles. The van der Waals surface area contributed by atoms with Crippen LogP contribution in [-0.2, 0) is 4.79 Å². The summed E-state index contributed by atoms with van der Waals surface area (Å²) in [7, 11) is 0. The standard InChI is InChI=1S/C26H32O2/c1-19-11-13-23(14-12-19)22(10-6-8-20(2)18-25(27)28)15-16-24-21(3)9-7-17-26(24,4)5/h6,8,10-16,18H,7,9,17H2,1-5H3,(H,27,28)/b8-6-,16-15+,20-18+,22-10+. The van der Waals surface area contributed by atoms with Gasteiger partial charge in [-0.25, -0.2) is 4.79 Å². The summed E-state index contributed by atoms with van der Waals surface area (Å²) < 4.78 is 0. The van der Waals surface area contributed by atoms with Gasteiger partial charge in [0, 0.05) is 6.08 Å². The van der Waals surface area contributed by atoms with E-state index in [2.05, 4.69) is 64.1 Å². The van der Waals surface area contributed by atoms with Gasteiger partial charge in [-0.3, -0.25) is 0 Å². The molecule has 148 valence electrons. The van der Waals surface area contributed by atoms with Gasteiger partial charge in [0.2, 0.25) is 0 Å². The van der Waals surface area contributed by atoms with Crippen molar-refractivity contribution in [3.8, 4) is 0 Å². The molecule has 0 saturated heterocycles. The monoisotopic (exact) mass is 376 g/mol. The highest BCUT2D eigenvalue weighted by Crippen LogP contribution is 2.41. The largest absolute Gasteiger partial charge is 0.478 e. The molecule has 0 saturated carbocycles. The summed E-state index contributed by atoms with van der Waals surface area (Å²) in [5, 5.41) is 8.86. The van der Waals surface area contributed by atoms with Crippen molar-refractivity contribution in [1.29, 1.82) is 0 Å². The summed E-state index contributed by atoms with van der Waals surface area (Å²) in [6.07, 6.45) is 15.1. The fourth-order valence-electron chi connectivity index (χ4n) is 3.72. The fourth-order valence-corrected chi connectivity index (χ4v) is 3.72. The highest BCUT2D eigenvalue weighted by molar-refractivity contribution is 5.81. The minimum atomic E-state index is -0.924. The van der Waals surface area contributed by atoms with Crippen molar-refractivity contribution in [1.82, 2.24) is 0 Å². The van der Waals surface area contributed by atoms with E-state index < -0.39 is 5.97 Å². The van der Waals surface area contributed by atoms with Gasteiger partial charge in [0.25, 0.3) is 0 Å². The number of carbonyl (C=O) groups is 1. The first-order chi connectivity index (χ1) is 13.2. The summed E-state index contributed by atoms with van der Waals surface area (Å²) in [4.78, 5) is 10.8. The molecule has 2 nitrogen and oxygen atoms in total. The molecule has 1 aliphatic carbocycles. The van der Waals surface area contributed by atoms with Gasteiger partial charge in [-0.05, 0) is 67.7 Å². The van der Waals surface area contributed by atoms with Crippen LogP contribution in [0.15, 0.2) is 77.4 Å². The number of carboxylic acids is 1. The van der Waals surface area contributed by atoms with Crippen molar-refractivity contribution in [2.75, 3.05) is 0 Å². The van der Waals surface area contributed by atoms with E-state index in [0.29, 0.717) is 5.57 Å². The van der Waals surface area contributed by atoms with Gasteiger partial charge in [-0.2, -0.15) is 0 Å². The van der Waals surface area contributed by atoms with Crippen molar-refractivity contribution < 1.29 is 9.90 Å². The molecule has 0 spiro atoms. The van der Waals surface area contributed by atoms with E-state index in [9.17, 15) is 4.79 Å². The third-order valence-corrected chi connectivity index (χ3v) is 5.34. The van der Waals surface area contributed by atoms with Gasteiger partial charge < -0.3 is 5.11 Å². The Balaban J connectivity index is 2.39. The smallest absolute Gasteiger partial charge is 0.328 e. The summed E-state index contributed by atoms with van der Waals surface area (Å²) in [5.74, 6) is -0.924. The quantitative estimate of drug-likeness (QED) is 0.427. The van der Waals surface area contributed by atoms with E-state index in [-0.39, 0.29) is 5.41 Å². The normalized spacial score (nSPS) is 18.3. The third kappa shape index (κ3) is 6.23. The van der Waals surface area contributed by atoms with Crippen molar-refractivity contribution in [2.45, 2.75) is 53.9 Å². The van der Waals surface area contributed by atoms with Crippen LogP contribution in [0.5, 0.6) is 0 Å². The molecule has 28 heavy (non-hydrogen) atoms. The molecule has 1 aromatic carbocycles. The lowest BCUT2D eigenvalue weighted by Gasteiger charge is -2.33. The maximum atomic E-state index is 10.8. The van der Waals surface area contributed by atoms with Crippen molar-refractivity contribution in [3.05, 3.63) is 88.6 Å². The molecule has 2 rings (SSSR count). The SMILES string of the molecule is CC1=C(/C=C/C(=C\C=C/C(C)=C/C(=O)O)c2ccc(C)cc2)C(C)(C)CCC1. The Labute approximate surface area is 169 Å². The Kier molecular flexibility index (Phi) is 7.39. The van der Waals surface area contributed by atoms with Crippen LogP contribution in [0, 0.1) is 12.3 Å². The summed E-state index contributed by atoms with van der Waals surface area (Å²) in [5.41, 5.74) is 7.32. The Bertz CT molecular complexity index is 856. The van der Waals surface area contributed by atoms with E-state index in [4.69, 9.17) is 5.11 Å². The lowest BCUT2D eigenvalue weighted by molar-refractivity contribution is -0.131. The molecule has 1 aromatic rings. The average Bonchev–Trinajstić information content (AvgIpc) is 2.59. The highest BCUT2D eigenvalue weighted by atomic mass is 16.4. The molecule has 0 fully saturated rings. The molecular weight excluding hydrogens is 344 g/mol. The predicted octanol–water partition coefficient (Wildman–Crippen LogP) is 7.05. The highest BCUT2D eigenvalue weighted by Gasteiger charge is 2.26. The maximum Gasteiger partial charge on any atom is 0.328 e. The van der Waals surface area contributed by atoms with Crippen LogP contribution in [0.3, 0.4) is 0 Å². The number of carboxylic acid groups (broad SMARTS) is 1. The first-order valence-electron chi connectivity index (χ1n) is 9.94. The van der Waals surface area contributed by atoms with E-state index in [0.717, 1.165) is 11.1 Å². The van der Waals surface area contributed by atoms with Crippen LogP contribution < -0.4 is 0 Å². The van der Waals surface area contributed by atoms with Gasteiger partial charge in [-0.1, -0.05) is 79.6 Å². The van der Waals surface area contributed by atoms with Crippen LogP contribution in [0.1, 0.15) is 58.1 Å². The zero-order chi connectivity index (χ0) is 20.7. The second-order valence-corrected chi connectivity index (χ2v) is 8.34. The van der Waals surface area contributed by atoms with Crippen molar-refractivity contribution >= 4 is 11.5 Å². The molecule has 0 unspecified atom stereocenters. The fraction of sp³-hybridized carbons (Fsp3) is 0.346. The van der Waals surface area contributed by atoms with Crippen molar-refractivity contribution in [3.63, 3.8) is 0 Å². The molecule has 0 aromatic heterocycles. The molecule has 1 N–H and O–H groups in total. The zero-order valence-corrected chi connectivity index (χ0v) is 17.8. The zero-order valence-electron chi connectivity index (χ0n) is 17.8. The van der Waals surface area contributed by atoms with E-state index in [1.54, 1.807) is 6.92 Å². The lowest BCUT2D eigenvalue weighted by atomic mass is 9.72. The Morgan fingerprint density at radius 2 is 1.79 bits per heavy atom. The Morgan fingerprint density at radius 3 is 2.39 bits per heavy atom. The molecule has 0 radical (unpaired) electrons. The first kappa shape index (κ1) is 21.7. The number of aliphatic carboxylic acids is 1. The summed E-state index contributed by atoms with van der Waals surface area (Å²) >= 11 is 0. The van der Waals surface area contributed by atoms with Gasteiger partial charge in [0.15, 0.2) is 0 Å². The van der Waals surface area contributed by atoms with Crippen LogP contribution in [0.4, 0.5) is 0 Å². The Morgan fingerprint density at radius 1 is 1.11 bits per heavy atom. The van der Waals surface area contributed by atoms with Crippen LogP contribution in [0.2, 0.25) is 0 Å². The molecule has 2 heteroatoms. The van der Waals surface area contributed by atoms with E-state index >= 15 is 0 Å². The third-order valence-electron chi connectivity index (χ3n) is 5.34. The summed E-state index contributed by atoms with van der Waals surface area (Å²) in [6.45, 7) is 10.8. The first-order valence-corrected chi connectivity index (χ1v) is 9.94. The number of rotatable bonds is 6. The molecule has 0 atom stereocenters. The van der Waals surface area contributed by atoms with Crippen LogP contribution in [-0.4, -0.2) is 11.1 Å². The second kappa shape index (κ2) is 9.54. The average molecular weight is 377 g/mol. The number of hydrogen-bond donors (Lipinski definition) is 1. The number of allylic oxidation sites excluding steroid dienone is 9. The molecular formula is C26H32O2. The second-order valence-electron chi connectivity index (χ2n) is 8.34. The molecule has 0 bridgehead atoms. The summed E-state index contributed by atoms with van der Waals surface area (Å²) in [6, 6.07) is 8.50. The van der Waals surface area contributed by atoms with Crippen LogP contribution in [0.25, 0.3) is 5.57 Å². The Hall–Kier alpha value is -2.61. The van der Waals surface area contributed by atoms with Gasteiger partial charge in [-0.15, -0.1) is 0 Å². The topological polar surface area (TPSA) is 37.3 Å². The maximum absolute atomic E-state index is 10.8. The van der Waals surface area contributed by atoms with Crippen LogP contribution >= 0.6 is 0 Å². The number of benzene rings is 1. The van der Waals surface area contributed by atoms with E-state index in [1.807, 2.05) is 18.2 Å². The minimum Gasteiger partial charge on any atom is -0.478 e. The molecule has 0 aliphatic heterocycles. The molecule has 1 aliphatic rings.